The Kier molecular flexibility index (Phi) is 8.61. The Labute approximate surface area is 240 Å². The van der Waals surface area contributed by atoms with Gasteiger partial charge in [0, 0.05) is 11.8 Å². The summed E-state index contributed by atoms with van der Waals surface area (Å²) in [4.78, 5) is 13.0. The number of methoxy groups -OCH3 is 1. The lowest BCUT2D eigenvalue weighted by atomic mass is 10.1. The number of nitrogens with one attached hydrogen (secondary N) is 2. The maximum Gasteiger partial charge on any atom is 0.405 e. The molecular weight excluding hydrogens is 597 g/mol. The summed E-state index contributed by atoms with van der Waals surface area (Å²) >= 11 is 0. The van der Waals surface area contributed by atoms with Gasteiger partial charge in [0.05, 0.1) is 29.3 Å². The largest absolute Gasteiger partial charge is 0.495 e. The molecule has 0 aliphatic heterocycles. The van der Waals surface area contributed by atoms with Crippen molar-refractivity contribution in [3.8, 4) is 17.0 Å². The maximum atomic E-state index is 13.2. The molecule has 2 heterocycles. The van der Waals surface area contributed by atoms with E-state index in [0.717, 1.165) is 6.26 Å². The average Bonchev–Trinajstić information content (AvgIpc) is 2.92. The molecule has 0 amide bonds. The van der Waals surface area contributed by atoms with E-state index < -0.39 is 38.6 Å². The predicted molar refractivity (Wildman–Crippen MR) is 151 cm³/mol. The number of nitrogens with two attached hydrogens (primary N) is 1. The van der Waals surface area contributed by atoms with Crippen molar-refractivity contribution in [2.75, 3.05) is 30.5 Å². The van der Waals surface area contributed by atoms with Gasteiger partial charge >= 0.3 is 6.18 Å². The molecule has 11 nitrogen and oxygen atoms in total. The van der Waals surface area contributed by atoms with Crippen LogP contribution in [0.2, 0.25) is 0 Å². The van der Waals surface area contributed by atoms with E-state index in [2.05, 4.69) is 25.6 Å². The van der Waals surface area contributed by atoms with Crippen LogP contribution in [-0.4, -0.2) is 57.9 Å². The Morgan fingerprint density at radius 1 is 0.976 bits per heavy atom. The zero-order chi connectivity index (χ0) is 30.9. The molecule has 0 spiro atoms. The van der Waals surface area contributed by atoms with E-state index in [1.54, 1.807) is 24.3 Å². The summed E-state index contributed by atoms with van der Waals surface area (Å²) in [6.45, 7) is 0.458. The zero-order valence-electron chi connectivity index (χ0n) is 22.6. The van der Waals surface area contributed by atoms with E-state index >= 15 is 0 Å². The van der Waals surface area contributed by atoms with Gasteiger partial charge in [-0.3, -0.25) is 0 Å². The molecule has 16 heteroatoms. The number of halogens is 3. The van der Waals surface area contributed by atoms with Gasteiger partial charge in [0.2, 0.25) is 16.0 Å². The highest BCUT2D eigenvalue weighted by molar-refractivity contribution is 7.90. The van der Waals surface area contributed by atoms with E-state index in [4.69, 9.17) is 9.88 Å². The van der Waals surface area contributed by atoms with E-state index in [9.17, 15) is 30.0 Å². The summed E-state index contributed by atoms with van der Waals surface area (Å²) < 4.78 is 92.3. The summed E-state index contributed by atoms with van der Waals surface area (Å²) in [5, 5.41) is 10.5. The first kappa shape index (κ1) is 30.9. The third-order valence-corrected chi connectivity index (χ3v) is 8.23. The first-order valence-corrected chi connectivity index (χ1v) is 15.8. The van der Waals surface area contributed by atoms with Crippen LogP contribution in [0.3, 0.4) is 0 Å². The lowest BCUT2D eigenvalue weighted by Crippen LogP contribution is -2.22. The van der Waals surface area contributed by atoms with Crippen molar-refractivity contribution >= 4 is 42.7 Å². The second kappa shape index (κ2) is 11.7. The number of sulfonamides is 1. The number of fused-ring (bicyclic) bond motifs is 1. The number of alkyl halides is 3. The van der Waals surface area contributed by atoms with E-state index in [1.165, 1.54) is 37.4 Å². The molecule has 42 heavy (non-hydrogen) atoms. The topological polar surface area (TPSA) is 166 Å². The normalized spacial score (nSPS) is 13.1. The second-order valence-corrected chi connectivity index (χ2v) is 12.8. The lowest BCUT2D eigenvalue weighted by Gasteiger charge is -2.19. The Balaban J connectivity index is 1.76. The molecule has 0 aliphatic carbocycles. The minimum Gasteiger partial charge on any atom is -0.495 e. The molecule has 4 aromatic rings. The van der Waals surface area contributed by atoms with E-state index in [0.29, 0.717) is 17.5 Å². The molecule has 0 bridgehead atoms. The molecule has 4 N–H and O–H groups in total. The smallest absolute Gasteiger partial charge is 0.405 e. The van der Waals surface area contributed by atoms with Crippen LogP contribution in [-0.2, 0) is 19.9 Å². The molecule has 0 saturated heterocycles. The number of anilines is 2. The van der Waals surface area contributed by atoms with Crippen LogP contribution in [0.1, 0.15) is 24.9 Å². The lowest BCUT2D eigenvalue weighted by molar-refractivity contribution is -0.115. The minimum atomic E-state index is -4.56. The number of nitrogens with zero attached hydrogens (tertiary/aromatic N) is 3. The van der Waals surface area contributed by atoms with Gasteiger partial charge < -0.3 is 15.4 Å². The zero-order valence-corrected chi connectivity index (χ0v) is 24.2. The van der Waals surface area contributed by atoms with Gasteiger partial charge in [0.1, 0.15) is 22.7 Å². The Morgan fingerprint density at radius 3 is 2.24 bits per heavy atom. The quantitative estimate of drug-likeness (QED) is 0.232. The third-order valence-electron chi connectivity index (χ3n) is 6.18. The van der Waals surface area contributed by atoms with Crippen LogP contribution in [0.25, 0.3) is 22.3 Å². The number of sulfone groups is 1. The summed E-state index contributed by atoms with van der Waals surface area (Å²) in [6, 6.07) is 12.9. The van der Waals surface area contributed by atoms with Crippen LogP contribution in [0.15, 0.2) is 64.4 Å². The van der Waals surface area contributed by atoms with Crippen molar-refractivity contribution in [1.82, 2.24) is 15.0 Å². The van der Waals surface area contributed by atoms with Crippen molar-refractivity contribution in [2.24, 2.45) is 5.14 Å². The van der Waals surface area contributed by atoms with Gasteiger partial charge in [-0.05, 0) is 54.4 Å². The number of benzene rings is 2. The summed E-state index contributed by atoms with van der Waals surface area (Å²) in [6.07, 6.45) is -3.03. The van der Waals surface area contributed by atoms with Crippen LogP contribution >= 0.6 is 0 Å². The predicted octanol–water partition coefficient (Wildman–Crippen LogP) is 4.29. The van der Waals surface area contributed by atoms with Crippen LogP contribution < -0.4 is 20.5 Å². The summed E-state index contributed by atoms with van der Waals surface area (Å²) in [5.41, 5.74) is 1.58. The van der Waals surface area contributed by atoms with Gasteiger partial charge in [0.15, 0.2) is 15.7 Å². The summed E-state index contributed by atoms with van der Waals surface area (Å²) in [5.74, 6) is -0.0516. The first-order chi connectivity index (χ1) is 19.6. The second-order valence-electron chi connectivity index (χ2n) is 9.29. The first-order valence-electron chi connectivity index (χ1n) is 12.4. The van der Waals surface area contributed by atoms with Crippen LogP contribution in [0, 0.1) is 0 Å². The number of pyridine rings is 1. The van der Waals surface area contributed by atoms with Crippen molar-refractivity contribution in [3.63, 3.8) is 0 Å². The fourth-order valence-electron chi connectivity index (χ4n) is 4.14. The average molecular weight is 625 g/mol. The van der Waals surface area contributed by atoms with Crippen LogP contribution in [0.4, 0.5) is 24.9 Å². The van der Waals surface area contributed by atoms with Gasteiger partial charge in [-0.25, -0.2) is 31.9 Å². The minimum absolute atomic E-state index is 0.00732. The number of aromatic nitrogens is 3. The molecule has 0 aliphatic rings. The molecule has 224 valence electrons. The number of ether oxygens (including phenoxy) is 1. The van der Waals surface area contributed by atoms with Gasteiger partial charge in [0.25, 0.3) is 0 Å². The monoisotopic (exact) mass is 624 g/mol. The number of hydrogen-bond donors (Lipinski definition) is 3. The fraction of sp³-hybridized carbons (Fsp3) is 0.269. The van der Waals surface area contributed by atoms with Crippen molar-refractivity contribution < 1.29 is 34.7 Å². The standard InChI is InChI=1S/C26H27F3N6O5S2/c1-4-18(15-5-8-17(9-6-15)42(30,38)39)33-25-34-20-11-10-19(32-23(20)24(35-25)31-14-26(27,28)29)16-7-12-21(40-2)22(13-16)41(3,36)37/h5-13,18H,4,14H2,1-3H3,(H2,30,38,39)(H2,31,33,34,35)/t18-/m1/s1. The van der Waals surface area contributed by atoms with Crippen molar-refractivity contribution in [1.29, 1.82) is 0 Å². The molecular formula is C26H27F3N6O5S2. The molecule has 4 rings (SSSR count). The highest BCUT2D eigenvalue weighted by Crippen LogP contribution is 2.32. The van der Waals surface area contributed by atoms with Crippen LogP contribution in [0.5, 0.6) is 5.75 Å². The highest BCUT2D eigenvalue weighted by Gasteiger charge is 2.28. The third kappa shape index (κ3) is 7.24. The van der Waals surface area contributed by atoms with Gasteiger partial charge in [-0.2, -0.15) is 18.2 Å². The maximum absolute atomic E-state index is 13.2. The Hall–Kier alpha value is -4.02. The molecule has 2 aromatic carbocycles. The molecule has 0 radical (unpaired) electrons. The molecule has 0 unspecified atom stereocenters. The number of rotatable bonds is 10. The van der Waals surface area contributed by atoms with Gasteiger partial charge in [-0.1, -0.05) is 19.1 Å². The molecule has 1 atom stereocenters. The number of primary sulfonamides is 1. The highest BCUT2D eigenvalue weighted by atomic mass is 32.2. The SMILES string of the molecule is CC[C@@H](Nc1nc(NCC(F)(F)F)c2nc(-c3ccc(OC)c(S(C)(=O)=O)c3)ccc2n1)c1ccc(S(N)(=O)=O)cc1. The molecule has 2 aromatic heterocycles. The van der Waals surface area contributed by atoms with Gasteiger partial charge in [-0.15, -0.1) is 0 Å². The fourth-order valence-corrected chi connectivity index (χ4v) is 5.51. The Morgan fingerprint density at radius 2 is 1.67 bits per heavy atom. The number of hydrogen-bond acceptors (Lipinski definition) is 10. The summed E-state index contributed by atoms with van der Waals surface area (Å²) in [7, 11) is -6.21. The van der Waals surface area contributed by atoms with E-state index in [-0.39, 0.29) is 44.0 Å². The molecule has 0 saturated carbocycles. The Bertz CT molecular complexity index is 1830. The van der Waals surface area contributed by atoms with E-state index in [1.807, 2.05) is 6.92 Å². The van der Waals surface area contributed by atoms with Crippen molar-refractivity contribution in [3.05, 3.63) is 60.2 Å². The molecule has 0 fully saturated rings. The van der Waals surface area contributed by atoms with Crippen molar-refractivity contribution in [2.45, 2.75) is 35.4 Å².